The summed E-state index contributed by atoms with van der Waals surface area (Å²) < 4.78 is 7.77. The first-order valence-electron chi connectivity index (χ1n) is 15.4. The molecule has 4 heteroatoms. The minimum atomic E-state index is -0.0582. The molecule has 3 aromatic rings. The van der Waals surface area contributed by atoms with E-state index in [1.165, 1.54) is 50.8 Å². The maximum Gasteiger partial charge on any atom is 0.209 e. The van der Waals surface area contributed by atoms with E-state index in [0.717, 1.165) is 30.7 Å². The number of nitrogens with zero attached hydrogens (tertiary/aromatic N) is 2. The molecular weight excluding hydrogens is 526 g/mol. The van der Waals surface area contributed by atoms with Gasteiger partial charge in [0.1, 0.15) is 12.8 Å². The van der Waals surface area contributed by atoms with Crippen molar-refractivity contribution in [3.63, 3.8) is 0 Å². The van der Waals surface area contributed by atoms with Gasteiger partial charge in [-0.05, 0) is 86.2 Å². The van der Waals surface area contributed by atoms with Gasteiger partial charge in [-0.15, -0.1) is 0 Å². The first-order chi connectivity index (χ1) is 20.6. The summed E-state index contributed by atoms with van der Waals surface area (Å²) in [5, 5.41) is 3.82. The zero-order valence-electron chi connectivity index (χ0n) is 26.7. The standard InChI is InChI=1S/C39H43N3O/c1-38(2)31-15-8-10-17-33(31)41(5)35(38)25-19-27-13-12-14-28(37(27)40-29-21-23-30(43-7)24-22-29)20-26-36-39(3,4)32-16-9-11-18-34(32)42(36)6/h8-11,15-26H,12-14H2,1-7H3/p+1/b27-19+,35-25-. The molecule has 220 valence electrons. The number of anilines is 2. The van der Waals surface area contributed by atoms with Gasteiger partial charge in [0.15, 0.2) is 5.71 Å². The maximum absolute atomic E-state index is 5.42. The molecule has 4 nitrogen and oxygen atoms in total. The summed E-state index contributed by atoms with van der Waals surface area (Å²) in [5.74, 6) is 0.859. The van der Waals surface area contributed by atoms with Crippen LogP contribution in [0.5, 0.6) is 5.75 Å². The fourth-order valence-corrected chi connectivity index (χ4v) is 7.20. The number of benzene rings is 3. The molecule has 0 saturated heterocycles. The molecule has 0 amide bonds. The van der Waals surface area contributed by atoms with Crippen LogP contribution in [0.1, 0.15) is 58.1 Å². The van der Waals surface area contributed by atoms with Gasteiger partial charge < -0.3 is 15.0 Å². The van der Waals surface area contributed by atoms with Gasteiger partial charge >= 0.3 is 0 Å². The number of ether oxygens (including phenoxy) is 1. The van der Waals surface area contributed by atoms with E-state index in [1.54, 1.807) is 7.11 Å². The highest BCUT2D eigenvalue weighted by Gasteiger charge is 2.42. The van der Waals surface area contributed by atoms with E-state index in [0.29, 0.717) is 0 Å². The average Bonchev–Trinajstić information content (AvgIpc) is 3.33. The van der Waals surface area contributed by atoms with Crippen molar-refractivity contribution in [2.24, 2.45) is 0 Å². The predicted molar refractivity (Wildman–Crippen MR) is 181 cm³/mol. The number of likely N-dealkylation sites (N-methyl/N-ethyl adjacent to an activating group) is 1. The maximum atomic E-state index is 5.42. The molecule has 0 saturated carbocycles. The number of rotatable bonds is 6. The van der Waals surface area contributed by atoms with Crippen LogP contribution >= 0.6 is 0 Å². The summed E-state index contributed by atoms with van der Waals surface area (Å²) in [6.45, 7) is 9.32. The predicted octanol–water partition coefficient (Wildman–Crippen LogP) is 9.05. The van der Waals surface area contributed by atoms with Crippen LogP contribution in [-0.2, 0) is 10.8 Å². The monoisotopic (exact) mass is 570 g/mol. The molecule has 3 aromatic carbocycles. The fourth-order valence-electron chi connectivity index (χ4n) is 7.20. The van der Waals surface area contributed by atoms with Gasteiger partial charge in [-0.2, -0.15) is 4.58 Å². The molecule has 0 radical (unpaired) electrons. The molecule has 0 fully saturated rings. The van der Waals surface area contributed by atoms with Gasteiger partial charge in [0.25, 0.3) is 0 Å². The van der Waals surface area contributed by atoms with Gasteiger partial charge in [-0.1, -0.05) is 62.4 Å². The van der Waals surface area contributed by atoms with E-state index in [-0.39, 0.29) is 10.8 Å². The quantitative estimate of drug-likeness (QED) is 0.300. The molecule has 0 aromatic heterocycles. The van der Waals surface area contributed by atoms with Crippen molar-refractivity contribution in [1.82, 2.24) is 0 Å². The molecule has 0 unspecified atom stereocenters. The second kappa shape index (κ2) is 11.1. The summed E-state index contributed by atoms with van der Waals surface area (Å²) in [6.07, 6.45) is 12.6. The number of hydrogen-bond donors (Lipinski definition) is 1. The van der Waals surface area contributed by atoms with E-state index >= 15 is 0 Å². The molecule has 2 aliphatic heterocycles. The molecule has 2 heterocycles. The van der Waals surface area contributed by atoms with Gasteiger partial charge in [-0.25, -0.2) is 0 Å². The SMILES string of the molecule is COc1ccc(NC2=C(/C=C/C3=[N+](C)c4ccccc4C3(C)C)CCC/C2=C\C=C2/N(C)c3ccccc3C2(C)C)cc1. The summed E-state index contributed by atoms with van der Waals surface area (Å²) in [6, 6.07) is 25.8. The minimum absolute atomic E-state index is 0.0582. The Kier molecular flexibility index (Phi) is 7.41. The molecule has 3 aliphatic rings. The van der Waals surface area contributed by atoms with E-state index in [2.05, 4.69) is 142 Å². The van der Waals surface area contributed by atoms with Crippen LogP contribution in [0.3, 0.4) is 0 Å². The van der Waals surface area contributed by atoms with Crippen molar-refractivity contribution >= 4 is 22.8 Å². The Labute approximate surface area is 257 Å². The van der Waals surface area contributed by atoms with E-state index in [1.807, 2.05) is 12.1 Å². The van der Waals surface area contributed by atoms with Gasteiger partial charge in [0, 0.05) is 52.9 Å². The number of nitrogens with one attached hydrogen (secondary N) is 1. The van der Waals surface area contributed by atoms with Crippen LogP contribution in [-0.4, -0.2) is 31.5 Å². The molecule has 43 heavy (non-hydrogen) atoms. The topological polar surface area (TPSA) is 27.5 Å². The van der Waals surface area contributed by atoms with Crippen molar-refractivity contribution in [1.29, 1.82) is 0 Å². The number of fused-ring (bicyclic) bond motifs is 2. The van der Waals surface area contributed by atoms with Crippen LogP contribution in [0.15, 0.2) is 120 Å². The molecular formula is C39H44N3O+. The van der Waals surface area contributed by atoms with Crippen molar-refractivity contribution in [2.75, 3.05) is 31.4 Å². The molecule has 0 atom stereocenters. The van der Waals surface area contributed by atoms with Crippen molar-refractivity contribution in [3.8, 4) is 5.75 Å². The highest BCUT2D eigenvalue weighted by atomic mass is 16.5. The Morgan fingerprint density at radius 1 is 0.814 bits per heavy atom. The van der Waals surface area contributed by atoms with Crippen molar-refractivity contribution in [3.05, 3.63) is 131 Å². The molecule has 1 N–H and O–H groups in total. The lowest BCUT2D eigenvalue weighted by atomic mass is 9.81. The number of allylic oxidation sites excluding steroid dienone is 7. The lowest BCUT2D eigenvalue weighted by Crippen LogP contribution is -2.26. The largest absolute Gasteiger partial charge is 0.497 e. The molecule has 1 aliphatic carbocycles. The van der Waals surface area contributed by atoms with Gasteiger partial charge in [0.05, 0.1) is 12.5 Å². The van der Waals surface area contributed by atoms with Crippen LogP contribution in [0, 0.1) is 0 Å². The zero-order chi connectivity index (χ0) is 30.4. The normalized spacial score (nSPS) is 20.8. The van der Waals surface area contributed by atoms with Crippen LogP contribution in [0.4, 0.5) is 17.1 Å². The Hall–Kier alpha value is -4.31. The Balaban J connectivity index is 1.41. The lowest BCUT2D eigenvalue weighted by Gasteiger charge is -2.25. The lowest BCUT2D eigenvalue weighted by molar-refractivity contribution is -0.401. The van der Waals surface area contributed by atoms with Crippen LogP contribution < -0.4 is 15.0 Å². The summed E-state index contributed by atoms with van der Waals surface area (Å²) in [7, 11) is 6.09. The fraction of sp³-hybridized carbons (Fsp3) is 0.308. The third-order valence-corrected chi connectivity index (χ3v) is 9.66. The zero-order valence-corrected chi connectivity index (χ0v) is 26.7. The number of para-hydroxylation sites is 2. The average molecular weight is 571 g/mol. The highest BCUT2D eigenvalue weighted by Crippen LogP contribution is 2.47. The van der Waals surface area contributed by atoms with Gasteiger partial charge in [0.2, 0.25) is 5.69 Å². The third-order valence-electron chi connectivity index (χ3n) is 9.66. The van der Waals surface area contributed by atoms with Crippen molar-refractivity contribution in [2.45, 2.75) is 57.8 Å². The number of methoxy groups -OCH3 is 1. The Morgan fingerprint density at radius 2 is 1.51 bits per heavy atom. The van der Waals surface area contributed by atoms with E-state index < -0.39 is 0 Å². The first-order valence-corrected chi connectivity index (χ1v) is 15.4. The summed E-state index contributed by atoms with van der Waals surface area (Å²) in [5.41, 5.74) is 12.8. The van der Waals surface area contributed by atoms with Crippen LogP contribution in [0.25, 0.3) is 0 Å². The molecule has 0 spiro atoms. The van der Waals surface area contributed by atoms with E-state index in [9.17, 15) is 0 Å². The van der Waals surface area contributed by atoms with Gasteiger partial charge in [-0.3, -0.25) is 0 Å². The molecule has 6 rings (SSSR count). The van der Waals surface area contributed by atoms with Crippen LogP contribution in [0.2, 0.25) is 0 Å². The van der Waals surface area contributed by atoms with E-state index in [4.69, 9.17) is 4.74 Å². The highest BCUT2D eigenvalue weighted by molar-refractivity contribution is 6.03. The summed E-state index contributed by atoms with van der Waals surface area (Å²) >= 11 is 0. The third kappa shape index (κ3) is 5.03. The minimum Gasteiger partial charge on any atom is -0.497 e. The smallest absolute Gasteiger partial charge is 0.209 e. The first kappa shape index (κ1) is 28.8. The second-order valence-electron chi connectivity index (χ2n) is 13.0. The Bertz CT molecular complexity index is 1710. The second-order valence-corrected chi connectivity index (χ2v) is 13.0. The molecule has 0 bridgehead atoms. The Morgan fingerprint density at radius 3 is 2.21 bits per heavy atom. The van der Waals surface area contributed by atoms with Crippen molar-refractivity contribution < 1.29 is 9.31 Å². The summed E-state index contributed by atoms with van der Waals surface area (Å²) in [4.78, 5) is 2.35. The number of hydrogen-bond acceptors (Lipinski definition) is 3.